The molecule has 11 heteroatoms. The van der Waals surface area contributed by atoms with E-state index in [4.69, 9.17) is 14.2 Å². The molecule has 1 fully saturated rings. The zero-order valence-corrected chi connectivity index (χ0v) is 21.6. The number of benzene rings is 2. The van der Waals surface area contributed by atoms with Gasteiger partial charge in [-0.1, -0.05) is 40.6 Å². The van der Waals surface area contributed by atoms with Crippen LogP contribution in [0.3, 0.4) is 0 Å². The van der Waals surface area contributed by atoms with Gasteiger partial charge in [-0.05, 0) is 51.1 Å². The van der Waals surface area contributed by atoms with Gasteiger partial charge in [0.05, 0.1) is 0 Å². The van der Waals surface area contributed by atoms with Crippen LogP contribution in [-0.2, 0) is 16.8 Å². The van der Waals surface area contributed by atoms with Gasteiger partial charge in [-0.15, -0.1) is 4.40 Å². The molecule has 192 valence electrons. The highest BCUT2D eigenvalue weighted by atomic mass is 32.2. The van der Waals surface area contributed by atoms with E-state index in [1.807, 2.05) is 37.3 Å². The predicted octanol–water partition coefficient (Wildman–Crippen LogP) is 2.99. The molecule has 10 nitrogen and oxygen atoms in total. The number of hydrogen-bond donors (Lipinski definition) is 0. The first-order valence-corrected chi connectivity index (χ1v) is 13.5. The number of rotatable bonds is 4. The van der Waals surface area contributed by atoms with Crippen LogP contribution in [-0.4, -0.2) is 75.1 Å². The maximum atomic E-state index is 12.5. The van der Waals surface area contributed by atoms with Gasteiger partial charge in [-0.3, -0.25) is 9.80 Å². The van der Waals surface area contributed by atoms with Crippen LogP contribution in [0.4, 0.5) is 0 Å². The molecule has 2 aromatic rings. The molecule has 3 aliphatic heterocycles. The summed E-state index contributed by atoms with van der Waals surface area (Å²) < 4.78 is 50.9. The Bertz CT molecular complexity index is 1270. The molecular weight excluding hydrogens is 482 g/mol. The summed E-state index contributed by atoms with van der Waals surface area (Å²) in [6, 6.07) is 13.1. The third kappa shape index (κ3) is 5.26. The van der Waals surface area contributed by atoms with Gasteiger partial charge in [0.15, 0.2) is 11.5 Å². The van der Waals surface area contributed by atoms with Crippen molar-refractivity contribution in [1.82, 2.24) is 14.7 Å². The second kappa shape index (κ2) is 9.98. The predicted molar refractivity (Wildman–Crippen MR) is 137 cm³/mol. The van der Waals surface area contributed by atoms with Crippen molar-refractivity contribution in [2.45, 2.75) is 39.0 Å². The molecule has 1 unspecified atom stereocenters. The molecule has 1 atom stereocenters. The maximum absolute atomic E-state index is 12.5. The minimum absolute atomic E-state index is 0.0985. The third-order valence-electron chi connectivity index (χ3n) is 6.49. The van der Waals surface area contributed by atoms with Gasteiger partial charge in [0.1, 0.15) is 12.4 Å². The lowest BCUT2D eigenvalue weighted by molar-refractivity contribution is 0.0133. The Morgan fingerprint density at radius 3 is 2.58 bits per heavy atom. The molecule has 5 rings (SSSR count). The second-order valence-corrected chi connectivity index (χ2v) is 10.5. The minimum atomic E-state index is -4.15. The third-order valence-corrected chi connectivity index (χ3v) is 7.27. The van der Waals surface area contributed by atoms with Crippen LogP contribution < -0.4 is 14.2 Å². The Hall–Kier alpha value is -3.31. The quantitative estimate of drug-likeness (QED) is 0.616. The number of guanidine groups is 1. The molecule has 0 N–H and O–H groups in total. The Labute approximate surface area is 212 Å². The van der Waals surface area contributed by atoms with E-state index < -0.39 is 16.4 Å². The first-order valence-electron chi connectivity index (χ1n) is 12.1. The fourth-order valence-corrected chi connectivity index (χ4v) is 5.33. The minimum Gasteiger partial charge on any atom is -0.484 e. The summed E-state index contributed by atoms with van der Waals surface area (Å²) in [5.41, 5.74) is 2.11. The molecule has 0 spiro atoms. The van der Waals surface area contributed by atoms with Crippen molar-refractivity contribution in [3.8, 4) is 17.2 Å². The highest BCUT2D eigenvalue weighted by molar-refractivity contribution is 7.89. The van der Waals surface area contributed by atoms with Crippen LogP contribution in [0.15, 0.2) is 51.3 Å². The van der Waals surface area contributed by atoms with Crippen LogP contribution in [0.25, 0.3) is 0 Å². The number of para-hydroxylation sites is 1. The van der Waals surface area contributed by atoms with Gasteiger partial charge in [0.25, 0.3) is 0 Å². The van der Waals surface area contributed by atoms with Gasteiger partial charge < -0.3 is 19.1 Å². The van der Waals surface area contributed by atoms with Gasteiger partial charge in [-0.25, -0.2) is 0 Å². The van der Waals surface area contributed by atoms with Crippen molar-refractivity contribution >= 4 is 22.2 Å². The van der Waals surface area contributed by atoms with Crippen LogP contribution in [0.1, 0.15) is 30.4 Å². The lowest BCUT2D eigenvalue weighted by Gasteiger charge is -2.38. The second-order valence-electron chi connectivity index (χ2n) is 9.26. The fourth-order valence-electron chi connectivity index (χ4n) is 4.47. The number of likely N-dealkylation sites (N-methyl/N-ethyl adjacent to an activating group) is 1. The SMILES string of the molecule is Cc1ccc(OC2=NS(=O)(=O)N=C(N(C)C3COc4cccc(CN5CCCCC5)c4O3)N2C)cc1. The summed E-state index contributed by atoms with van der Waals surface area (Å²) in [5, 5.41) is 0. The number of hydrogen-bond acceptors (Lipinski definition) is 8. The molecule has 0 aromatic heterocycles. The van der Waals surface area contributed by atoms with E-state index in [0.29, 0.717) is 17.2 Å². The smallest absolute Gasteiger partial charge is 0.370 e. The highest BCUT2D eigenvalue weighted by Gasteiger charge is 2.35. The molecule has 3 aliphatic rings. The lowest BCUT2D eigenvalue weighted by Crippen LogP contribution is -2.55. The summed E-state index contributed by atoms with van der Waals surface area (Å²) in [7, 11) is -0.786. The number of likely N-dealkylation sites (tertiary alicyclic amines) is 1. The Balaban J connectivity index is 1.35. The summed E-state index contributed by atoms with van der Waals surface area (Å²) in [5.74, 6) is 1.96. The van der Waals surface area contributed by atoms with Gasteiger partial charge in [0, 0.05) is 26.2 Å². The summed E-state index contributed by atoms with van der Waals surface area (Å²) in [6.45, 7) is 5.07. The van der Waals surface area contributed by atoms with E-state index in [1.165, 1.54) is 24.2 Å². The molecule has 0 saturated carbocycles. The molecule has 0 bridgehead atoms. The van der Waals surface area contributed by atoms with E-state index in [2.05, 4.69) is 13.7 Å². The fraction of sp³-hybridized carbons (Fsp3) is 0.440. The van der Waals surface area contributed by atoms with E-state index in [1.54, 1.807) is 31.1 Å². The normalized spacial score (nSPS) is 21.4. The first kappa shape index (κ1) is 24.4. The van der Waals surface area contributed by atoms with Crippen LogP contribution in [0.2, 0.25) is 0 Å². The van der Waals surface area contributed by atoms with E-state index >= 15 is 0 Å². The lowest BCUT2D eigenvalue weighted by atomic mass is 10.1. The number of amidine groups is 1. The number of ether oxygens (including phenoxy) is 3. The Kier molecular flexibility index (Phi) is 6.76. The van der Waals surface area contributed by atoms with Gasteiger partial charge >= 0.3 is 16.2 Å². The van der Waals surface area contributed by atoms with Crippen LogP contribution >= 0.6 is 0 Å². The van der Waals surface area contributed by atoms with Crippen molar-refractivity contribution in [3.63, 3.8) is 0 Å². The van der Waals surface area contributed by atoms with Crippen molar-refractivity contribution in [3.05, 3.63) is 53.6 Å². The molecular formula is C25H31N5O5S. The molecule has 36 heavy (non-hydrogen) atoms. The topological polar surface area (TPSA) is 96.3 Å². The first-order chi connectivity index (χ1) is 17.3. The number of piperidine rings is 1. The van der Waals surface area contributed by atoms with Gasteiger partial charge in [-0.2, -0.15) is 8.42 Å². The zero-order valence-electron chi connectivity index (χ0n) is 20.8. The zero-order chi connectivity index (χ0) is 25.3. The molecule has 0 amide bonds. The van der Waals surface area contributed by atoms with E-state index in [9.17, 15) is 8.42 Å². The molecule has 1 saturated heterocycles. The van der Waals surface area contributed by atoms with Crippen molar-refractivity contribution in [2.75, 3.05) is 33.8 Å². The highest BCUT2D eigenvalue weighted by Crippen LogP contribution is 2.37. The largest absolute Gasteiger partial charge is 0.484 e. The number of nitrogens with zero attached hydrogens (tertiary/aromatic N) is 5. The monoisotopic (exact) mass is 513 g/mol. The summed E-state index contributed by atoms with van der Waals surface area (Å²) in [6.07, 6.45) is 3.07. The summed E-state index contributed by atoms with van der Waals surface area (Å²) in [4.78, 5) is 5.54. The van der Waals surface area contributed by atoms with Crippen molar-refractivity contribution < 1.29 is 22.6 Å². The number of fused-ring (bicyclic) bond motifs is 1. The standard InChI is InChI=1S/C25H31N5O5S/c1-18-10-12-20(13-11-18)34-25-27-36(31,32)26-24(29(25)3)28(2)22-17-33-21-9-7-8-19(23(21)35-22)16-30-14-5-4-6-15-30/h7-13,22H,4-6,14-17H2,1-3H3. The molecule has 0 radical (unpaired) electrons. The Morgan fingerprint density at radius 2 is 1.83 bits per heavy atom. The van der Waals surface area contributed by atoms with Crippen molar-refractivity contribution in [2.24, 2.45) is 8.80 Å². The average molecular weight is 514 g/mol. The van der Waals surface area contributed by atoms with Crippen LogP contribution in [0.5, 0.6) is 17.2 Å². The van der Waals surface area contributed by atoms with Gasteiger partial charge in [0.2, 0.25) is 12.2 Å². The number of aryl methyl sites for hydroxylation is 1. The Morgan fingerprint density at radius 1 is 1.08 bits per heavy atom. The summed E-state index contributed by atoms with van der Waals surface area (Å²) >= 11 is 0. The van der Waals surface area contributed by atoms with E-state index in [-0.39, 0.29) is 18.6 Å². The molecule has 0 aliphatic carbocycles. The average Bonchev–Trinajstić information content (AvgIpc) is 2.87. The molecule has 3 heterocycles. The molecule has 2 aromatic carbocycles. The van der Waals surface area contributed by atoms with Crippen molar-refractivity contribution in [1.29, 1.82) is 0 Å². The van der Waals surface area contributed by atoms with E-state index in [0.717, 1.165) is 30.8 Å². The maximum Gasteiger partial charge on any atom is 0.370 e. The van der Waals surface area contributed by atoms with Crippen LogP contribution in [0, 0.1) is 6.92 Å².